The lowest BCUT2D eigenvalue weighted by molar-refractivity contribution is 0.271. The molecule has 0 bridgehead atoms. The fraction of sp³-hybridized carbons (Fsp3) is 0.300. The van der Waals surface area contributed by atoms with Crippen LogP contribution < -0.4 is 5.32 Å². The van der Waals surface area contributed by atoms with E-state index in [1.54, 1.807) is 17.0 Å². The van der Waals surface area contributed by atoms with Crippen molar-refractivity contribution in [3.8, 4) is 0 Å². The van der Waals surface area contributed by atoms with Gasteiger partial charge in [0.05, 0.1) is 24.7 Å². The number of fused-ring (bicyclic) bond motifs is 1. The molecule has 0 atom stereocenters. The number of nitrogens with one attached hydrogen (secondary N) is 1. The SMILES string of the molecule is C=CCNc1ncnc2c1cnn2CCO. The molecule has 0 aliphatic carbocycles. The van der Waals surface area contributed by atoms with Crippen molar-refractivity contribution in [2.45, 2.75) is 6.54 Å². The molecule has 0 saturated heterocycles. The summed E-state index contributed by atoms with van der Waals surface area (Å²) in [7, 11) is 0. The Bertz CT molecular complexity index is 493. The van der Waals surface area contributed by atoms with Crippen LogP contribution >= 0.6 is 0 Å². The second-order valence-electron chi connectivity index (χ2n) is 3.22. The molecular weight excluding hydrogens is 206 g/mol. The van der Waals surface area contributed by atoms with Crippen LogP contribution in [0.2, 0.25) is 0 Å². The van der Waals surface area contributed by atoms with Crippen LogP contribution in [0.5, 0.6) is 0 Å². The van der Waals surface area contributed by atoms with Crippen LogP contribution in [0.3, 0.4) is 0 Å². The van der Waals surface area contributed by atoms with E-state index < -0.39 is 0 Å². The monoisotopic (exact) mass is 219 g/mol. The van der Waals surface area contributed by atoms with Crippen molar-refractivity contribution >= 4 is 16.9 Å². The average molecular weight is 219 g/mol. The maximum absolute atomic E-state index is 8.88. The van der Waals surface area contributed by atoms with Gasteiger partial charge >= 0.3 is 0 Å². The number of hydrogen-bond acceptors (Lipinski definition) is 5. The standard InChI is InChI=1S/C10H13N5O/c1-2-3-11-9-8-6-14-15(4-5-16)10(8)13-7-12-9/h2,6-7,16H,1,3-5H2,(H,11,12,13). The Labute approximate surface area is 92.6 Å². The van der Waals surface area contributed by atoms with Crippen molar-refractivity contribution in [3.63, 3.8) is 0 Å². The first-order valence-electron chi connectivity index (χ1n) is 4.99. The molecule has 0 fully saturated rings. The molecular formula is C10H13N5O. The predicted octanol–water partition coefficient (Wildman–Crippen LogP) is 0.416. The highest BCUT2D eigenvalue weighted by Gasteiger charge is 2.08. The van der Waals surface area contributed by atoms with Gasteiger partial charge in [-0.25, -0.2) is 14.6 Å². The zero-order chi connectivity index (χ0) is 11.4. The molecule has 0 aliphatic rings. The lowest BCUT2D eigenvalue weighted by atomic mass is 10.4. The van der Waals surface area contributed by atoms with Gasteiger partial charge in [-0.15, -0.1) is 6.58 Å². The maximum atomic E-state index is 8.88. The molecule has 0 aromatic carbocycles. The van der Waals surface area contributed by atoms with Crippen LogP contribution in [0.4, 0.5) is 5.82 Å². The summed E-state index contributed by atoms with van der Waals surface area (Å²) in [5, 5.41) is 17.0. The summed E-state index contributed by atoms with van der Waals surface area (Å²) in [6, 6.07) is 0. The molecule has 6 heteroatoms. The molecule has 0 amide bonds. The molecule has 6 nitrogen and oxygen atoms in total. The summed E-state index contributed by atoms with van der Waals surface area (Å²) in [6.45, 7) is 4.74. The summed E-state index contributed by atoms with van der Waals surface area (Å²) in [5.41, 5.74) is 0.718. The van der Waals surface area contributed by atoms with Crippen molar-refractivity contribution in [3.05, 3.63) is 25.2 Å². The third-order valence-corrected chi connectivity index (χ3v) is 2.16. The lowest BCUT2D eigenvalue weighted by Gasteiger charge is -2.03. The van der Waals surface area contributed by atoms with Gasteiger partial charge < -0.3 is 10.4 Å². The topological polar surface area (TPSA) is 75.9 Å². The molecule has 0 unspecified atom stereocenters. The van der Waals surface area contributed by atoms with Crippen LogP contribution in [-0.2, 0) is 6.54 Å². The lowest BCUT2D eigenvalue weighted by Crippen LogP contribution is -2.05. The Morgan fingerprint density at radius 1 is 1.50 bits per heavy atom. The first kappa shape index (κ1) is 10.6. The Morgan fingerprint density at radius 3 is 3.12 bits per heavy atom. The summed E-state index contributed by atoms with van der Waals surface area (Å²) in [6.07, 6.45) is 4.92. The van der Waals surface area contributed by atoms with E-state index in [0.29, 0.717) is 13.1 Å². The molecule has 2 rings (SSSR count). The molecule has 2 heterocycles. The van der Waals surface area contributed by atoms with E-state index in [1.165, 1.54) is 6.33 Å². The summed E-state index contributed by atoms with van der Waals surface area (Å²) in [4.78, 5) is 8.27. The van der Waals surface area contributed by atoms with Crippen molar-refractivity contribution < 1.29 is 5.11 Å². The molecule has 2 aromatic heterocycles. The van der Waals surface area contributed by atoms with E-state index in [4.69, 9.17) is 5.11 Å². The van der Waals surface area contributed by atoms with E-state index in [0.717, 1.165) is 16.9 Å². The Hall–Kier alpha value is -1.95. The van der Waals surface area contributed by atoms with Crippen molar-refractivity contribution in [1.82, 2.24) is 19.7 Å². The number of hydrogen-bond donors (Lipinski definition) is 2. The average Bonchev–Trinajstić information content (AvgIpc) is 2.71. The van der Waals surface area contributed by atoms with Crippen LogP contribution in [-0.4, -0.2) is 38.0 Å². The molecule has 0 spiro atoms. The molecule has 16 heavy (non-hydrogen) atoms. The van der Waals surface area contributed by atoms with E-state index in [9.17, 15) is 0 Å². The summed E-state index contributed by atoms with van der Waals surface area (Å²) >= 11 is 0. The molecule has 0 radical (unpaired) electrons. The second-order valence-corrected chi connectivity index (χ2v) is 3.22. The van der Waals surface area contributed by atoms with Crippen molar-refractivity contribution in [1.29, 1.82) is 0 Å². The fourth-order valence-corrected chi connectivity index (χ4v) is 1.46. The molecule has 84 valence electrons. The third-order valence-electron chi connectivity index (χ3n) is 2.16. The van der Waals surface area contributed by atoms with Crippen molar-refractivity contribution in [2.24, 2.45) is 0 Å². The second kappa shape index (κ2) is 4.71. The maximum Gasteiger partial charge on any atom is 0.163 e. The summed E-state index contributed by atoms with van der Waals surface area (Å²) in [5.74, 6) is 0.731. The quantitative estimate of drug-likeness (QED) is 0.713. The van der Waals surface area contributed by atoms with E-state index in [2.05, 4.69) is 27.0 Å². The minimum Gasteiger partial charge on any atom is -0.394 e. The van der Waals surface area contributed by atoms with Crippen LogP contribution in [0, 0.1) is 0 Å². The minimum atomic E-state index is 0.0379. The van der Waals surface area contributed by atoms with Gasteiger partial charge in [-0.3, -0.25) is 0 Å². The van der Waals surface area contributed by atoms with Gasteiger partial charge in [0, 0.05) is 6.54 Å². The Kier molecular flexibility index (Phi) is 3.11. The van der Waals surface area contributed by atoms with Gasteiger partial charge in [0.2, 0.25) is 0 Å². The summed E-state index contributed by atoms with van der Waals surface area (Å²) < 4.78 is 1.65. The number of aliphatic hydroxyl groups is 1. The predicted molar refractivity (Wildman–Crippen MR) is 61.1 cm³/mol. The first-order valence-corrected chi connectivity index (χ1v) is 4.99. The van der Waals surface area contributed by atoms with Gasteiger partial charge in [0.15, 0.2) is 5.65 Å². The Balaban J connectivity index is 2.40. The highest BCUT2D eigenvalue weighted by Crippen LogP contribution is 2.17. The number of nitrogens with zero attached hydrogens (tertiary/aromatic N) is 4. The van der Waals surface area contributed by atoms with Crippen LogP contribution in [0.25, 0.3) is 11.0 Å². The number of aromatic nitrogens is 4. The van der Waals surface area contributed by atoms with Gasteiger partial charge in [-0.05, 0) is 0 Å². The third kappa shape index (κ3) is 1.87. The van der Waals surface area contributed by atoms with Gasteiger partial charge in [0.25, 0.3) is 0 Å². The number of anilines is 1. The number of aliphatic hydroxyl groups excluding tert-OH is 1. The minimum absolute atomic E-state index is 0.0379. The van der Waals surface area contributed by atoms with Gasteiger partial charge in [-0.1, -0.05) is 6.08 Å². The highest BCUT2D eigenvalue weighted by molar-refractivity contribution is 5.86. The molecule has 0 aliphatic heterocycles. The molecule has 0 saturated carbocycles. The molecule has 2 aromatic rings. The van der Waals surface area contributed by atoms with Crippen LogP contribution in [0.1, 0.15) is 0 Å². The fourth-order valence-electron chi connectivity index (χ4n) is 1.46. The zero-order valence-corrected chi connectivity index (χ0v) is 8.80. The largest absolute Gasteiger partial charge is 0.394 e. The normalized spacial score (nSPS) is 10.6. The first-order chi connectivity index (χ1) is 7.86. The van der Waals surface area contributed by atoms with E-state index >= 15 is 0 Å². The van der Waals surface area contributed by atoms with Gasteiger partial charge in [-0.2, -0.15) is 5.10 Å². The number of rotatable bonds is 5. The van der Waals surface area contributed by atoms with Gasteiger partial charge in [0.1, 0.15) is 12.1 Å². The highest BCUT2D eigenvalue weighted by atomic mass is 16.3. The van der Waals surface area contributed by atoms with Crippen molar-refractivity contribution in [2.75, 3.05) is 18.5 Å². The molecule has 2 N–H and O–H groups in total. The smallest absolute Gasteiger partial charge is 0.163 e. The van der Waals surface area contributed by atoms with E-state index in [1.807, 2.05) is 0 Å². The zero-order valence-electron chi connectivity index (χ0n) is 8.80. The Morgan fingerprint density at radius 2 is 2.38 bits per heavy atom. The van der Waals surface area contributed by atoms with Crippen LogP contribution in [0.15, 0.2) is 25.2 Å². The van der Waals surface area contributed by atoms with E-state index in [-0.39, 0.29) is 6.61 Å².